The Labute approximate surface area is 163 Å². The van der Waals surface area contributed by atoms with Crippen molar-refractivity contribution in [3.05, 3.63) is 75.9 Å². The van der Waals surface area contributed by atoms with Crippen LogP contribution in [0.2, 0.25) is 0 Å². The summed E-state index contributed by atoms with van der Waals surface area (Å²) in [6, 6.07) is 15.2. The molecule has 4 aromatic heterocycles. The number of aliphatic hydroxyl groups excluding tert-OH is 1. The second-order valence-corrected chi connectivity index (χ2v) is 7.37. The van der Waals surface area contributed by atoms with E-state index >= 15 is 0 Å². The van der Waals surface area contributed by atoms with Crippen molar-refractivity contribution in [1.82, 2.24) is 19.5 Å². The van der Waals surface area contributed by atoms with E-state index in [0.717, 1.165) is 21.5 Å². The molecule has 0 spiro atoms. The highest BCUT2D eigenvalue weighted by molar-refractivity contribution is 7.17. The SMILES string of the molecule is CC(O)=c1sc2nccc3c2c1nc(=O)n3-c1cccc(-c2ccccn2)c1. The van der Waals surface area contributed by atoms with E-state index in [9.17, 15) is 9.90 Å². The van der Waals surface area contributed by atoms with Gasteiger partial charge in [-0.2, -0.15) is 4.98 Å². The third-order valence-electron chi connectivity index (χ3n) is 4.58. The van der Waals surface area contributed by atoms with Crippen molar-refractivity contribution < 1.29 is 5.11 Å². The first-order chi connectivity index (χ1) is 13.6. The van der Waals surface area contributed by atoms with Gasteiger partial charge < -0.3 is 5.11 Å². The topological polar surface area (TPSA) is 80.9 Å². The largest absolute Gasteiger partial charge is 0.511 e. The van der Waals surface area contributed by atoms with Gasteiger partial charge in [0.15, 0.2) is 0 Å². The molecule has 0 unspecified atom stereocenters. The fraction of sp³-hybridized carbons (Fsp3) is 0.0476. The number of benzene rings is 1. The van der Waals surface area contributed by atoms with Crippen LogP contribution in [0, 0.1) is 0 Å². The van der Waals surface area contributed by atoms with Gasteiger partial charge in [-0.1, -0.05) is 18.2 Å². The Bertz CT molecular complexity index is 1450. The van der Waals surface area contributed by atoms with Crippen molar-refractivity contribution in [3.8, 4) is 16.9 Å². The van der Waals surface area contributed by atoms with Gasteiger partial charge in [0.2, 0.25) is 0 Å². The van der Waals surface area contributed by atoms with E-state index in [-0.39, 0.29) is 5.76 Å². The molecule has 5 rings (SSSR count). The minimum Gasteiger partial charge on any atom is -0.511 e. The average molecular weight is 386 g/mol. The number of nitrogens with zero attached hydrogens (tertiary/aromatic N) is 4. The molecule has 7 heteroatoms. The summed E-state index contributed by atoms with van der Waals surface area (Å²) in [6.07, 6.45) is 3.41. The van der Waals surface area contributed by atoms with Crippen LogP contribution in [0.25, 0.3) is 44.0 Å². The van der Waals surface area contributed by atoms with Gasteiger partial charge in [-0.15, -0.1) is 11.3 Å². The van der Waals surface area contributed by atoms with Crippen LogP contribution in [0.5, 0.6) is 0 Å². The lowest BCUT2D eigenvalue weighted by atomic mass is 10.1. The molecular weight excluding hydrogens is 372 g/mol. The molecule has 136 valence electrons. The van der Waals surface area contributed by atoms with Crippen LogP contribution in [-0.2, 0) is 0 Å². The monoisotopic (exact) mass is 386 g/mol. The van der Waals surface area contributed by atoms with E-state index in [1.54, 1.807) is 30.0 Å². The van der Waals surface area contributed by atoms with Crippen LogP contribution in [0.15, 0.2) is 65.7 Å². The number of aromatic nitrogens is 4. The van der Waals surface area contributed by atoms with Gasteiger partial charge in [-0.25, -0.2) is 9.78 Å². The Morgan fingerprint density at radius 1 is 1.07 bits per heavy atom. The zero-order valence-electron chi connectivity index (χ0n) is 14.8. The molecule has 0 fully saturated rings. The molecule has 0 aliphatic rings. The van der Waals surface area contributed by atoms with E-state index in [0.29, 0.717) is 21.3 Å². The molecule has 0 atom stereocenters. The van der Waals surface area contributed by atoms with Crippen LogP contribution in [0.4, 0.5) is 0 Å². The minimum absolute atomic E-state index is 0.131. The number of hydrogen-bond acceptors (Lipinski definition) is 6. The third-order valence-corrected chi connectivity index (χ3v) is 5.77. The average Bonchev–Trinajstić information content (AvgIpc) is 3.09. The van der Waals surface area contributed by atoms with Crippen LogP contribution in [-0.4, -0.2) is 24.6 Å². The van der Waals surface area contributed by atoms with E-state index in [1.807, 2.05) is 42.5 Å². The summed E-state index contributed by atoms with van der Waals surface area (Å²) in [6.45, 7) is 1.59. The Kier molecular flexibility index (Phi) is 3.70. The van der Waals surface area contributed by atoms with Crippen LogP contribution >= 0.6 is 11.3 Å². The van der Waals surface area contributed by atoms with Crippen LogP contribution < -0.4 is 10.2 Å². The van der Waals surface area contributed by atoms with Crippen molar-refractivity contribution in [2.24, 2.45) is 0 Å². The Balaban J connectivity index is 1.84. The molecule has 1 aromatic carbocycles. The summed E-state index contributed by atoms with van der Waals surface area (Å²) in [5.41, 5.74) is 3.24. The normalized spacial score (nSPS) is 12.6. The molecular formula is C21H14N4O2S. The first-order valence-corrected chi connectivity index (χ1v) is 9.47. The molecule has 0 saturated carbocycles. The van der Waals surface area contributed by atoms with E-state index in [1.165, 1.54) is 11.3 Å². The molecule has 0 aliphatic carbocycles. The number of thiophene rings is 1. The molecule has 1 N–H and O–H groups in total. The quantitative estimate of drug-likeness (QED) is 0.502. The highest BCUT2D eigenvalue weighted by atomic mass is 32.1. The number of pyridine rings is 2. The van der Waals surface area contributed by atoms with Crippen molar-refractivity contribution in [2.75, 3.05) is 0 Å². The summed E-state index contributed by atoms with van der Waals surface area (Å²) < 4.78 is 2.15. The maximum atomic E-state index is 13.0. The predicted molar refractivity (Wildman–Crippen MR) is 111 cm³/mol. The fourth-order valence-corrected chi connectivity index (χ4v) is 4.37. The maximum absolute atomic E-state index is 13.0. The summed E-state index contributed by atoms with van der Waals surface area (Å²) in [5.74, 6) is 0.131. The molecule has 0 saturated heterocycles. The number of hydrogen-bond donors (Lipinski definition) is 1. The lowest BCUT2D eigenvalue weighted by Crippen LogP contribution is -2.23. The Morgan fingerprint density at radius 2 is 1.96 bits per heavy atom. The molecule has 6 nitrogen and oxygen atoms in total. The lowest BCUT2D eigenvalue weighted by molar-refractivity contribution is 0.501. The van der Waals surface area contributed by atoms with Crippen molar-refractivity contribution in [1.29, 1.82) is 0 Å². The third kappa shape index (κ3) is 2.48. The van der Waals surface area contributed by atoms with Crippen molar-refractivity contribution in [3.63, 3.8) is 0 Å². The van der Waals surface area contributed by atoms with E-state index in [4.69, 9.17) is 0 Å². The fourth-order valence-electron chi connectivity index (χ4n) is 3.37. The van der Waals surface area contributed by atoms with Gasteiger partial charge >= 0.3 is 5.69 Å². The van der Waals surface area contributed by atoms with Crippen molar-refractivity contribution >= 4 is 38.3 Å². The maximum Gasteiger partial charge on any atom is 0.353 e. The predicted octanol–water partition coefficient (Wildman–Crippen LogP) is 3.46. The lowest BCUT2D eigenvalue weighted by Gasteiger charge is -2.11. The van der Waals surface area contributed by atoms with Gasteiger partial charge in [0.25, 0.3) is 0 Å². The molecule has 0 amide bonds. The van der Waals surface area contributed by atoms with Gasteiger partial charge in [0.1, 0.15) is 16.1 Å². The highest BCUT2D eigenvalue weighted by Crippen LogP contribution is 2.27. The summed E-state index contributed by atoms with van der Waals surface area (Å²) >= 11 is 1.33. The molecule has 0 aliphatic heterocycles. The molecule has 0 radical (unpaired) electrons. The molecule has 28 heavy (non-hydrogen) atoms. The van der Waals surface area contributed by atoms with E-state index < -0.39 is 5.69 Å². The summed E-state index contributed by atoms with van der Waals surface area (Å²) in [4.78, 5) is 26.7. The van der Waals surface area contributed by atoms with Crippen LogP contribution in [0.1, 0.15) is 6.92 Å². The minimum atomic E-state index is -0.404. The standard InChI is InChI=1S/C21H14N4O2S/c1-12(26)19-18-17-16(8-10-23-20(17)28-19)25(21(27)24-18)14-6-4-5-13(11-14)15-7-2-3-9-22-15/h2-11,26H,1H3. The van der Waals surface area contributed by atoms with Gasteiger partial charge in [0.05, 0.1) is 26.8 Å². The first-order valence-electron chi connectivity index (χ1n) is 8.65. The molecule has 5 aromatic rings. The zero-order chi connectivity index (χ0) is 19.3. The zero-order valence-corrected chi connectivity index (χ0v) is 15.6. The Hall–Kier alpha value is -3.58. The number of aliphatic hydroxyl groups is 1. The second kappa shape index (κ2) is 6.24. The van der Waals surface area contributed by atoms with Gasteiger partial charge in [-0.3, -0.25) is 9.55 Å². The van der Waals surface area contributed by atoms with E-state index in [2.05, 4.69) is 15.0 Å². The van der Waals surface area contributed by atoms with Crippen LogP contribution in [0.3, 0.4) is 0 Å². The molecule has 4 heterocycles. The van der Waals surface area contributed by atoms with Gasteiger partial charge in [-0.05, 0) is 37.3 Å². The van der Waals surface area contributed by atoms with Crippen molar-refractivity contribution in [2.45, 2.75) is 6.92 Å². The first kappa shape index (κ1) is 16.6. The summed E-state index contributed by atoms with van der Waals surface area (Å²) in [7, 11) is 0. The van der Waals surface area contributed by atoms with Gasteiger partial charge in [0, 0.05) is 18.0 Å². The smallest absolute Gasteiger partial charge is 0.353 e. The Morgan fingerprint density at radius 3 is 2.75 bits per heavy atom. The number of rotatable bonds is 2. The summed E-state index contributed by atoms with van der Waals surface area (Å²) in [5, 5.41) is 10.8. The second-order valence-electron chi connectivity index (χ2n) is 6.37. The highest BCUT2D eigenvalue weighted by Gasteiger charge is 2.17. The molecule has 0 bridgehead atoms.